The molecule has 0 bridgehead atoms. The highest BCUT2D eigenvalue weighted by Crippen LogP contribution is 2.17. The fourth-order valence-corrected chi connectivity index (χ4v) is 1.89. The Hall–Kier alpha value is -1.96. The van der Waals surface area contributed by atoms with E-state index in [0.717, 1.165) is 24.0 Å². The number of aromatic hydroxyl groups is 2. The second kappa shape index (κ2) is 8.26. The predicted molar refractivity (Wildman–Crippen MR) is 84.3 cm³/mol. The summed E-state index contributed by atoms with van der Waals surface area (Å²) in [5.41, 5.74) is 3.19. The van der Waals surface area contributed by atoms with Gasteiger partial charge in [0.25, 0.3) is 0 Å². The zero-order valence-electron chi connectivity index (χ0n) is 12.6. The molecular weight excluding hydrogens is 248 g/mol. The van der Waals surface area contributed by atoms with E-state index in [4.69, 9.17) is 5.11 Å². The first-order valence-electron chi connectivity index (χ1n) is 7.07. The third-order valence-corrected chi connectivity index (χ3v) is 3.14. The molecule has 20 heavy (non-hydrogen) atoms. The second-order valence-corrected chi connectivity index (χ2v) is 5.02. The largest absolute Gasteiger partial charge is 0.508 e. The van der Waals surface area contributed by atoms with Gasteiger partial charge in [0.1, 0.15) is 11.5 Å². The molecule has 0 fully saturated rings. The van der Waals surface area contributed by atoms with E-state index in [2.05, 4.69) is 6.92 Å². The second-order valence-electron chi connectivity index (χ2n) is 5.02. The van der Waals surface area contributed by atoms with Crippen LogP contribution in [0.3, 0.4) is 0 Å². The van der Waals surface area contributed by atoms with Gasteiger partial charge in [-0.15, -0.1) is 0 Å². The maximum absolute atomic E-state index is 9.34. The normalized spacial score (nSPS) is 9.75. The maximum atomic E-state index is 9.34. The summed E-state index contributed by atoms with van der Waals surface area (Å²) >= 11 is 0. The van der Waals surface area contributed by atoms with Crippen LogP contribution in [0, 0.1) is 13.8 Å². The van der Waals surface area contributed by atoms with Crippen molar-refractivity contribution in [1.82, 2.24) is 0 Å². The highest BCUT2D eigenvalue weighted by molar-refractivity contribution is 5.34. The lowest BCUT2D eigenvalue weighted by Gasteiger charge is -2.01. The SMILES string of the molecule is CCCCc1ccccc1O.Cc1ccc(O)c(C)c1. The van der Waals surface area contributed by atoms with E-state index in [9.17, 15) is 5.11 Å². The van der Waals surface area contributed by atoms with E-state index in [0.29, 0.717) is 11.5 Å². The summed E-state index contributed by atoms with van der Waals surface area (Å²) in [6.45, 7) is 6.05. The van der Waals surface area contributed by atoms with Crippen molar-refractivity contribution in [3.05, 3.63) is 59.2 Å². The van der Waals surface area contributed by atoms with Crippen LogP contribution >= 0.6 is 0 Å². The van der Waals surface area contributed by atoms with Gasteiger partial charge in [-0.05, 0) is 49.9 Å². The first kappa shape index (κ1) is 16.1. The molecule has 0 aliphatic carbocycles. The number of phenols is 2. The molecule has 0 aromatic heterocycles. The molecule has 0 saturated heterocycles. The van der Waals surface area contributed by atoms with E-state index in [1.54, 1.807) is 12.1 Å². The number of rotatable bonds is 3. The van der Waals surface area contributed by atoms with Gasteiger partial charge in [0, 0.05) is 0 Å². The van der Waals surface area contributed by atoms with Gasteiger partial charge in [-0.1, -0.05) is 49.2 Å². The maximum Gasteiger partial charge on any atom is 0.118 e. The van der Waals surface area contributed by atoms with E-state index in [-0.39, 0.29) is 0 Å². The van der Waals surface area contributed by atoms with Crippen molar-refractivity contribution in [3.63, 3.8) is 0 Å². The van der Waals surface area contributed by atoms with E-state index in [1.165, 1.54) is 12.0 Å². The quantitative estimate of drug-likeness (QED) is 0.847. The molecule has 0 atom stereocenters. The van der Waals surface area contributed by atoms with E-state index < -0.39 is 0 Å². The Morgan fingerprint density at radius 1 is 0.900 bits per heavy atom. The summed E-state index contributed by atoms with van der Waals surface area (Å²) < 4.78 is 0. The fraction of sp³-hybridized carbons (Fsp3) is 0.333. The number of aryl methyl sites for hydroxylation is 3. The smallest absolute Gasteiger partial charge is 0.118 e. The number of unbranched alkanes of at least 4 members (excludes halogenated alkanes) is 1. The molecule has 2 aromatic carbocycles. The first-order chi connectivity index (χ1) is 9.54. The van der Waals surface area contributed by atoms with Gasteiger partial charge in [-0.3, -0.25) is 0 Å². The van der Waals surface area contributed by atoms with Crippen molar-refractivity contribution in [2.75, 3.05) is 0 Å². The molecule has 0 heterocycles. The van der Waals surface area contributed by atoms with Crippen LogP contribution in [0.2, 0.25) is 0 Å². The van der Waals surface area contributed by atoms with Crippen molar-refractivity contribution >= 4 is 0 Å². The molecule has 0 unspecified atom stereocenters. The number of phenolic OH excluding ortho intramolecular Hbond substituents is 2. The molecule has 0 saturated carbocycles. The minimum absolute atomic E-state index is 0.376. The van der Waals surface area contributed by atoms with Crippen LogP contribution in [0.1, 0.15) is 36.5 Å². The lowest BCUT2D eigenvalue weighted by molar-refractivity contribution is 0.467. The molecule has 2 N–H and O–H groups in total. The molecule has 0 spiro atoms. The van der Waals surface area contributed by atoms with Gasteiger partial charge in [-0.25, -0.2) is 0 Å². The average Bonchev–Trinajstić information content (AvgIpc) is 2.43. The predicted octanol–water partition coefficient (Wildman–Crippen LogP) is 4.74. The number of hydrogen-bond donors (Lipinski definition) is 2. The zero-order chi connectivity index (χ0) is 15.0. The van der Waals surface area contributed by atoms with Crippen LogP contribution in [0.15, 0.2) is 42.5 Å². The van der Waals surface area contributed by atoms with Gasteiger partial charge in [0.05, 0.1) is 0 Å². The van der Waals surface area contributed by atoms with Gasteiger partial charge < -0.3 is 10.2 Å². The van der Waals surface area contributed by atoms with Gasteiger partial charge in [0.15, 0.2) is 0 Å². The van der Waals surface area contributed by atoms with Crippen molar-refractivity contribution in [3.8, 4) is 11.5 Å². The minimum atomic E-state index is 0.376. The fourth-order valence-electron chi connectivity index (χ4n) is 1.89. The first-order valence-corrected chi connectivity index (χ1v) is 7.07. The van der Waals surface area contributed by atoms with Crippen LogP contribution in [0.5, 0.6) is 11.5 Å². The lowest BCUT2D eigenvalue weighted by atomic mass is 10.1. The monoisotopic (exact) mass is 272 g/mol. The Kier molecular flexibility index (Phi) is 6.65. The highest BCUT2D eigenvalue weighted by Gasteiger charge is 1.96. The highest BCUT2D eigenvalue weighted by atomic mass is 16.3. The Morgan fingerprint density at radius 3 is 2.15 bits per heavy atom. The Morgan fingerprint density at radius 2 is 1.60 bits per heavy atom. The van der Waals surface area contributed by atoms with Crippen molar-refractivity contribution in [2.45, 2.75) is 40.0 Å². The van der Waals surface area contributed by atoms with Gasteiger partial charge in [0.2, 0.25) is 0 Å². The van der Waals surface area contributed by atoms with Gasteiger partial charge in [-0.2, -0.15) is 0 Å². The molecule has 0 aliphatic heterocycles. The summed E-state index contributed by atoms with van der Waals surface area (Å²) in [5.74, 6) is 0.807. The van der Waals surface area contributed by atoms with E-state index in [1.807, 2.05) is 44.2 Å². The Balaban J connectivity index is 0.000000204. The molecule has 0 aliphatic rings. The van der Waals surface area contributed by atoms with Crippen LogP contribution in [-0.2, 0) is 6.42 Å². The minimum Gasteiger partial charge on any atom is -0.508 e. The topological polar surface area (TPSA) is 40.5 Å². The van der Waals surface area contributed by atoms with E-state index >= 15 is 0 Å². The molecule has 2 nitrogen and oxygen atoms in total. The van der Waals surface area contributed by atoms with Crippen LogP contribution in [0.25, 0.3) is 0 Å². The molecular formula is C18H24O2. The molecule has 2 aromatic rings. The lowest BCUT2D eigenvalue weighted by Crippen LogP contribution is -1.83. The Bertz CT molecular complexity index is 533. The molecule has 0 radical (unpaired) electrons. The van der Waals surface area contributed by atoms with Crippen LogP contribution in [0.4, 0.5) is 0 Å². The van der Waals surface area contributed by atoms with Crippen molar-refractivity contribution in [2.24, 2.45) is 0 Å². The summed E-state index contributed by atoms with van der Waals surface area (Å²) in [4.78, 5) is 0. The van der Waals surface area contributed by atoms with Gasteiger partial charge >= 0.3 is 0 Å². The zero-order valence-corrected chi connectivity index (χ0v) is 12.6. The summed E-state index contributed by atoms with van der Waals surface area (Å²) in [7, 11) is 0. The number of benzene rings is 2. The summed E-state index contributed by atoms with van der Waals surface area (Å²) in [6.07, 6.45) is 3.31. The standard InChI is InChI=1S/C10H14O.C8H10O/c1-2-3-6-9-7-4-5-8-10(9)11;1-6-3-4-8(9)7(2)5-6/h4-5,7-8,11H,2-3,6H2,1H3;3-5,9H,1-2H3. The molecule has 0 amide bonds. The summed E-state index contributed by atoms with van der Waals surface area (Å²) in [6, 6.07) is 13.1. The van der Waals surface area contributed by atoms with Crippen molar-refractivity contribution < 1.29 is 10.2 Å². The average molecular weight is 272 g/mol. The van der Waals surface area contributed by atoms with Crippen molar-refractivity contribution in [1.29, 1.82) is 0 Å². The molecule has 2 rings (SSSR count). The van der Waals surface area contributed by atoms with Crippen LogP contribution < -0.4 is 0 Å². The third kappa shape index (κ3) is 5.35. The number of hydrogen-bond acceptors (Lipinski definition) is 2. The molecule has 108 valence electrons. The Labute approximate surface area is 121 Å². The third-order valence-electron chi connectivity index (χ3n) is 3.14. The van der Waals surface area contributed by atoms with Crippen LogP contribution in [-0.4, -0.2) is 10.2 Å². The summed E-state index contributed by atoms with van der Waals surface area (Å²) in [5, 5.41) is 18.4. The molecule has 2 heteroatoms. The number of para-hydroxylation sites is 1.